The second kappa shape index (κ2) is 68.3. The van der Waals surface area contributed by atoms with Gasteiger partial charge in [0.15, 0.2) is 0 Å². The van der Waals surface area contributed by atoms with Crippen molar-refractivity contribution in [1.82, 2.24) is 78.5 Å². The summed E-state index contributed by atoms with van der Waals surface area (Å²) >= 11 is 0. The third kappa shape index (κ3) is 53.5. The lowest BCUT2D eigenvalue weighted by Crippen LogP contribution is -2.44. The molecule has 0 heterocycles. The van der Waals surface area contributed by atoms with E-state index in [0.717, 1.165) is 27.1 Å². The number of hydrogen-bond acceptors (Lipinski definition) is 27. The number of methoxy groups -OCH3 is 4. The van der Waals surface area contributed by atoms with E-state index in [4.69, 9.17) is 56.8 Å². The molecule has 0 spiro atoms. The average Bonchev–Trinajstić information content (AvgIpc) is 0.778. The first-order chi connectivity index (χ1) is 56.4. The maximum absolute atomic E-state index is 13.7. The summed E-state index contributed by atoms with van der Waals surface area (Å²) in [5.74, 6) is -5.30. The molecule has 0 saturated carbocycles. The summed E-state index contributed by atoms with van der Waals surface area (Å²) in [4.78, 5) is 161. The fourth-order valence-electron chi connectivity index (χ4n) is 10.7. The monoisotopic (exact) mass is 1650 g/mol. The zero-order valence-electron chi connectivity index (χ0n) is 68.1. The van der Waals surface area contributed by atoms with E-state index in [0.29, 0.717) is 79.3 Å². The third-order valence-corrected chi connectivity index (χ3v) is 16.9. The van der Waals surface area contributed by atoms with Crippen LogP contribution in [0.4, 0.5) is 0 Å². The van der Waals surface area contributed by atoms with Gasteiger partial charge in [0, 0.05) is 204 Å². The van der Waals surface area contributed by atoms with Gasteiger partial charge in [-0.05, 0) is 33.2 Å². The molecular weight excluding hydrogens is 1520 g/mol. The van der Waals surface area contributed by atoms with Crippen molar-refractivity contribution in [3.63, 3.8) is 0 Å². The van der Waals surface area contributed by atoms with Crippen molar-refractivity contribution >= 4 is 92.4 Å². The minimum atomic E-state index is -0.891. The van der Waals surface area contributed by atoms with Crippen LogP contribution >= 0.6 is 0 Å². The molecule has 12 amide bonds. The van der Waals surface area contributed by atoms with Crippen molar-refractivity contribution in [2.75, 3.05) is 291 Å². The van der Waals surface area contributed by atoms with Crippen LogP contribution in [0.3, 0.4) is 0 Å². The SMILES string of the molecule is COCCOCCOCC(=O)NCCNC(=O)CCN(CCNC(=O)CCN(CCNC(=O)C(=O)NCc1c2ccccc2cc2ccccc12)CCC(=O)NCCN(CCC(=O)NCCNC(=O)COCCOCCOC)CCC(=O)NCCNC(=O)COCCOCCOC)CCC(=O)NCCNC(=O)COCCOCCOC. The van der Waals surface area contributed by atoms with E-state index in [-0.39, 0.29) is 288 Å². The molecule has 0 fully saturated rings. The highest BCUT2D eigenvalue weighted by Crippen LogP contribution is 2.28. The zero-order valence-corrected chi connectivity index (χ0v) is 68.1. The van der Waals surface area contributed by atoms with Crippen molar-refractivity contribution in [2.24, 2.45) is 0 Å². The molecule has 3 aromatic rings. The highest BCUT2D eigenvalue weighted by Gasteiger charge is 2.20. The lowest BCUT2D eigenvalue weighted by molar-refractivity contribution is -0.139. The molecule has 3 rings (SSSR count). The van der Waals surface area contributed by atoms with E-state index >= 15 is 0 Å². The Labute approximate surface area is 679 Å². The summed E-state index contributed by atoms with van der Waals surface area (Å²) in [6.45, 7) is 7.40. The first kappa shape index (κ1) is 101. The number of carbonyl (C=O) groups excluding carboxylic acids is 12. The fraction of sp³-hybridized carbons (Fsp3) is 0.662. The highest BCUT2D eigenvalue weighted by molar-refractivity contribution is 6.35. The molecule has 0 aliphatic rings. The number of hydrogen-bond donors (Lipinski definition) is 12. The van der Waals surface area contributed by atoms with E-state index in [1.165, 1.54) is 0 Å². The largest absolute Gasteiger partial charge is 0.382 e. The van der Waals surface area contributed by atoms with Crippen molar-refractivity contribution in [1.29, 1.82) is 0 Å². The molecule has 39 nitrogen and oxygen atoms in total. The van der Waals surface area contributed by atoms with E-state index in [1.54, 1.807) is 33.3 Å². The van der Waals surface area contributed by atoms with Gasteiger partial charge in [-0.1, -0.05) is 48.5 Å². The number of nitrogens with one attached hydrogen (secondary N) is 12. The molecular formula is C77H127N15O24. The molecule has 116 heavy (non-hydrogen) atoms. The van der Waals surface area contributed by atoms with Crippen LogP contribution in [0.15, 0.2) is 54.6 Å². The fourth-order valence-corrected chi connectivity index (χ4v) is 10.7. The van der Waals surface area contributed by atoms with Gasteiger partial charge in [-0.3, -0.25) is 57.5 Å². The molecule has 0 saturated heterocycles. The third-order valence-electron chi connectivity index (χ3n) is 16.9. The summed E-state index contributed by atoms with van der Waals surface area (Å²) in [7, 11) is 6.24. The predicted octanol–water partition coefficient (Wildman–Crippen LogP) is -4.15. The summed E-state index contributed by atoms with van der Waals surface area (Å²) in [5.41, 5.74) is 0.843. The summed E-state index contributed by atoms with van der Waals surface area (Å²) in [6.07, 6.45) is -0.107. The van der Waals surface area contributed by atoms with Crippen LogP contribution in [0.5, 0.6) is 0 Å². The topological polar surface area (TPSA) is 470 Å². The van der Waals surface area contributed by atoms with Crippen LogP contribution in [-0.4, -0.2) is 377 Å². The van der Waals surface area contributed by atoms with E-state index < -0.39 is 11.8 Å². The van der Waals surface area contributed by atoms with Crippen molar-refractivity contribution in [2.45, 2.75) is 45.1 Å². The number of carbonyl (C=O) groups is 12. The van der Waals surface area contributed by atoms with Gasteiger partial charge in [-0.2, -0.15) is 0 Å². The molecule has 3 aromatic carbocycles. The van der Waals surface area contributed by atoms with Crippen LogP contribution in [0.1, 0.15) is 44.1 Å². The summed E-state index contributed by atoms with van der Waals surface area (Å²) < 4.78 is 62.3. The number of nitrogens with zero attached hydrogens (tertiary/aromatic N) is 3. The molecule has 0 aliphatic heterocycles. The normalized spacial score (nSPS) is 11.2. The Morgan fingerprint density at radius 2 is 0.474 bits per heavy atom. The van der Waals surface area contributed by atoms with Crippen LogP contribution < -0.4 is 63.8 Å². The summed E-state index contributed by atoms with van der Waals surface area (Å²) in [5, 5.41) is 36.8. The Bertz CT molecular complexity index is 3000. The van der Waals surface area contributed by atoms with Crippen LogP contribution in [-0.2, 0) is 121 Å². The van der Waals surface area contributed by atoms with E-state index in [9.17, 15) is 57.5 Å². The van der Waals surface area contributed by atoms with Gasteiger partial charge in [0.25, 0.3) is 0 Å². The molecule has 654 valence electrons. The lowest BCUT2D eigenvalue weighted by Gasteiger charge is -2.24. The van der Waals surface area contributed by atoms with Crippen molar-refractivity contribution in [3.8, 4) is 0 Å². The smallest absolute Gasteiger partial charge is 0.309 e. The number of ether oxygens (including phenoxy) is 12. The molecule has 0 radical (unpaired) electrons. The van der Waals surface area contributed by atoms with Gasteiger partial charge in [0.2, 0.25) is 59.1 Å². The lowest BCUT2D eigenvalue weighted by atomic mass is 9.97. The molecule has 39 heteroatoms. The number of amides is 12. The standard InChI is InChI=1S/C77H127N15O24/c1-105-39-43-109-47-51-113-57-72(99)82-23-19-78-66(93)13-30-90(31-14-67(94)79-20-24-83-73(100)58-114-52-48-110-44-40-106-2)36-27-86-70(97)17-34-92(38-29-88-76(103)77(104)89-56-65-63-11-7-5-9-61(63)55-62-10-6-8-12-64(62)65)35-18-71(98)87-28-37-91(32-15-68(95)80-21-25-84-74(101)59-115-53-49-111-45-41-107-3)33-16-69(96)81-22-26-85-75(102)60-116-54-50-112-46-42-108-4/h5-12,55H,13-54,56-60H2,1-4H3,(H,78,93)(H,79,94)(H,80,95)(H,81,96)(H,82,99)(H,83,100)(H,84,101)(H,85,102)(H,86,97)(H,87,98)(H,88,103)(H,89,104). The van der Waals surface area contributed by atoms with Crippen molar-refractivity contribution in [3.05, 3.63) is 60.2 Å². The minimum Gasteiger partial charge on any atom is -0.382 e. The maximum Gasteiger partial charge on any atom is 0.309 e. The first-order valence-electron chi connectivity index (χ1n) is 39.3. The van der Waals surface area contributed by atoms with Gasteiger partial charge in [-0.25, -0.2) is 0 Å². The molecule has 0 atom stereocenters. The molecule has 0 bridgehead atoms. The van der Waals surface area contributed by atoms with Gasteiger partial charge < -0.3 is 135 Å². The number of rotatable bonds is 73. The zero-order chi connectivity index (χ0) is 84.1. The Kier molecular flexibility index (Phi) is 59.7. The average molecular weight is 1650 g/mol. The highest BCUT2D eigenvalue weighted by atomic mass is 16.6. The van der Waals surface area contributed by atoms with Gasteiger partial charge >= 0.3 is 11.8 Å². The van der Waals surface area contributed by atoms with Gasteiger partial charge in [-0.15, -0.1) is 0 Å². The quantitative estimate of drug-likeness (QED) is 0.0145. The van der Waals surface area contributed by atoms with Crippen LogP contribution in [0, 0.1) is 0 Å². The Balaban J connectivity index is 1.67. The van der Waals surface area contributed by atoms with Crippen molar-refractivity contribution < 1.29 is 114 Å². The van der Waals surface area contributed by atoms with E-state index in [2.05, 4.69) is 69.9 Å². The number of fused-ring (bicyclic) bond motifs is 2. The molecule has 0 aromatic heterocycles. The molecule has 0 unspecified atom stereocenters. The van der Waals surface area contributed by atoms with Gasteiger partial charge in [0.1, 0.15) is 26.4 Å². The van der Waals surface area contributed by atoms with Crippen LogP contribution in [0.25, 0.3) is 21.5 Å². The predicted molar refractivity (Wildman–Crippen MR) is 427 cm³/mol. The maximum atomic E-state index is 13.7. The second-order valence-corrected chi connectivity index (χ2v) is 25.9. The second-order valence-electron chi connectivity index (χ2n) is 25.9. The van der Waals surface area contributed by atoms with Gasteiger partial charge in [0.05, 0.1) is 106 Å². The Hall–Kier alpha value is -8.78. The molecule has 0 aliphatic carbocycles. The number of benzene rings is 3. The first-order valence-corrected chi connectivity index (χ1v) is 39.3. The summed E-state index contributed by atoms with van der Waals surface area (Å²) in [6, 6.07) is 17.6. The van der Waals surface area contributed by atoms with Crippen LogP contribution in [0.2, 0.25) is 0 Å². The van der Waals surface area contributed by atoms with E-state index in [1.807, 2.05) is 58.3 Å². The Morgan fingerprint density at radius 1 is 0.250 bits per heavy atom. The minimum absolute atomic E-state index is 0.00782. The Morgan fingerprint density at radius 3 is 0.750 bits per heavy atom. The molecule has 12 N–H and O–H groups in total.